The molecule has 0 aromatic carbocycles. The largest absolute Gasteiger partial charge is 0.391 e. The minimum atomic E-state index is -3.81. The molecule has 29 heavy (non-hydrogen) atoms. The molecular weight excluding hydrogens is 394 g/mol. The molecule has 2 aliphatic carbocycles. The quantitative estimate of drug-likeness (QED) is 0.359. The second kappa shape index (κ2) is 9.51. The molecule has 1 saturated carbocycles. The van der Waals surface area contributed by atoms with Crippen LogP contribution in [-0.4, -0.2) is 55.3 Å². The third-order valence-corrected chi connectivity index (χ3v) is 6.24. The maximum atomic E-state index is 12.6. The summed E-state index contributed by atoms with van der Waals surface area (Å²) in [5.41, 5.74) is -0.170. The molecule has 0 heterocycles. The average molecular weight is 424 g/mol. The predicted octanol–water partition coefficient (Wildman–Crippen LogP) is 0.439. The second-order valence-electron chi connectivity index (χ2n) is 7.56. The molecule has 160 valence electrons. The molecule has 2 aliphatic rings. The van der Waals surface area contributed by atoms with Gasteiger partial charge in [0.2, 0.25) is 21.8 Å². The maximum absolute atomic E-state index is 12.6. The molecular formula is C20H29N3O5S. The molecule has 0 spiro atoms. The summed E-state index contributed by atoms with van der Waals surface area (Å²) < 4.78 is 27.4. The number of amides is 2. The number of nitrogens with one attached hydrogen (secondary N) is 3. The van der Waals surface area contributed by atoms with Crippen LogP contribution in [0.1, 0.15) is 32.6 Å². The van der Waals surface area contributed by atoms with Gasteiger partial charge < -0.3 is 15.7 Å². The first-order valence-corrected chi connectivity index (χ1v) is 11.2. The monoisotopic (exact) mass is 423 g/mol. The molecule has 9 heteroatoms. The fourth-order valence-electron chi connectivity index (χ4n) is 3.01. The summed E-state index contributed by atoms with van der Waals surface area (Å²) in [6, 6.07) is -0.542. The summed E-state index contributed by atoms with van der Waals surface area (Å²) in [6.45, 7) is 9.14. The number of carbonyl (C=O) groups excluding carboxylic acids is 2. The van der Waals surface area contributed by atoms with E-state index in [1.807, 2.05) is 6.08 Å². The standard InChI is InChI=1S/C20H29N3O5S/c1-4-14(2)12-21-18(25)10-15(3)22-19(26)20(11-17(20)24)23-29(27,28)13-16-8-6-5-7-9-16/h4-6,8,15,17,23-24H,1-2,7,9-13H2,3H3,(H,21,25)(H,22,26)/t15-,17-,20+/m0/s1. The molecule has 0 radical (unpaired) electrons. The molecule has 3 atom stereocenters. The van der Waals surface area contributed by atoms with Crippen molar-refractivity contribution in [1.82, 2.24) is 15.4 Å². The highest BCUT2D eigenvalue weighted by Gasteiger charge is 2.62. The van der Waals surface area contributed by atoms with Gasteiger partial charge in [0, 0.05) is 25.4 Å². The smallest absolute Gasteiger partial charge is 0.244 e. The lowest BCUT2D eigenvalue weighted by Gasteiger charge is -2.21. The topological polar surface area (TPSA) is 125 Å². The van der Waals surface area contributed by atoms with Gasteiger partial charge in [-0.25, -0.2) is 8.42 Å². The Labute approximate surface area is 171 Å². The fourth-order valence-corrected chi connectivity index (χ4v) is 4.68. The van der Waals surface area contributed by atoms with Gasteiger partial charge in [-0.2, -0.15) is 4.72 Å². The van der Waals surface area contributed by atoms with Crippen LogP contribution in [0.2, 0.25) is 0 Å². The molecule has 0 unspecified atom stereocenters. The minimum Gasteiger partial charge on any atom is -0.391 e. The van der Waals surface area contributed by atoms with Gasteiger partial charge in [0.1, 0.15) is 5.54 Å². The van der Waals surface area contributed by atoms with Crippen molar-refractivity contribution in [1.29, 1.82) is 0 Å². The summed E-state index contributed by atoms with van der Waals surface area (Å²) in [6.07, 6.45) is 7.36. The Hall–Kier alpha value is -2.23. The van der Waals surface area contributed by atoms with Crippen LogP contribution >= 0.6 is 0 Å². The molecule has 0 aromatic rings. The van der Waals surface area contributed by atoms with Gasteiger partial charge >= 0.3 is 0 Å². The first-order valence-electron chi connectivity index (χ1n) is 9.50. The Kier molecular flexibility index (Phi) is 7.56. The number of hydrogen-bond acceptors (Lipinski definition) is 5. The van der Waals surface area contributed by atoms with Crippen LogP contribution in [0.4, 0.5) is 0 Å². The van der Waals surface area contributed by atoms with Gasteiger partial charge in [-0.15, -0.1) is 0 Å². The van der Waals surface area contributed by atoms with E-state index in [1.54, 1.807) is 19.1 Å². The maximum Gasteiger partial charge on any atom is 0.244 e. The van der Waals surface area contributed by atoms with E-state index in [1.165, 1.54) is 6.08 Å². The number of hydrogen-bond donors (Lipinski definition) is 4. The fraction of sp³-hybridized carbons (Fsp3) is 0.500. The van der Waals surface area contributed by atoms with Crippen LogP contribution in [0.15, 0.2) is 48.6 Å². The van der Waals surface area contributed by atoms with Crippen molar-refractivity contribution in [2.24, 2.45) is 0 Å². The lowest BCUT2D eigenvalue weighted by Crippen LogP contribution is -2.54. The van der Waals surface area contributed by atoms with Crippen LogP contribution in [0.3, 0.4) is 0 Å². The zero-order chi connectivity index (χ0) is 21.7. The Morgan fingerprint density at radius 3 is 2.69 bits per heavy atom. The van der Waals surface area contributed by atoms with Gasteiger partial charge in [-0.05, 0) is 25.3 Å². The first kappa shape index (κ1) is 23.1. The third kappa shape index (κ3) is 6.66. The van der Waals surface area contributed by atoms with Crippen molar-refractivity contribution in [2.45, 2.75) is 50.3 Å². The van der Waals surface area contributed by atoms with E-state index in [-0.39, 0.29) is 31.0 Å². The molecule has 2 rings (SSSR count). The van der Waals surface area contributed by atoms with E-state index in [0.29, 0.717) is 12.0 Å². The first-order chi connectivity index (χ1) is 13.6. The number of aliphatic hydroxyl groups is 1. The molecule has 4 N–H and O–H groups in total. The molecule has 8 nitrogen and oxygen atoms in total. The summed E-state index contributed by atoms with van der Waals surface area (Å²) in [4.78, 5) is 24.6. The van der Waals surface area contributed by atoms with Crippen molar-refractivity contribution in [3.05, 3.63) is 48.6 Å². The predicted molar refractivity (Wildman–Crippen MR) is 111 cm³/mol. The van der Waals surface area contributed by atoms with Gasteiger partial charge in [-0.3, -0.25) is 9.59 Å². The van der Waals surface area contributed by atoms with E-state index in [4.69, 9.17) is 0 Å². The lowest BCUT2D eigenvalue weighted by molar-refractivity contribution is -0.125. The van der Waals surface area contributed by atoms with E-state index in [9.17, 15) is 23.1 Å². The molecule has 0 bridgehead atoms. The van der Waals surface area contributed by atoms with E-state index in [2.05, 4.69) is 28.5 Å². The number of sulfonamides is 1. The van der Waals surface area contributed by atoms with E-state index < -0.39 is 33.6 Å². The summed E-state index contributed by atoms with van der Waals surface area (Å²) >= 11 is 0. The number of rotatable bonds is 11. The Morgan fingerprint density at radius 2 is 2.14 bits per heavy atom. The molecule has 2 amide bonds. The molecule has 1 fully saturated rings. The Bertz CT molecular complexity index is 846. The number of aliphatic hydroxyl groups excluding tert-OH is 1. The van der Waals surface area contributed by atoms with Gasteiger partial charge in [0.15, 0.2) is 0 Å². The highest BCUT2D eigenvalue weighted by atomic mass is 32.2. The summed E-state index contributed by atoms with van der Waals surface area (Å²) in [5, 5.41) is 15.2. The number of allylic oxidation sites excluding steroid dienone is 3. The third-order valence-electron chi connectivity index (χ3n) is 4.81. The lowest BCUT2D eigenvalue weighted by atomic mass is 10.1. The van der Waals surface area contributed by atoms with Crippen LogP contribution < -0.4 is 15.4 Å². The van der Waals surface area contributed by atoms with E-state index >= 15 is 0 Å². The van der Waals surface area contributed by atoms with Crippen LogP contribution in [0.5, 0.6) is 0 Å². The Balaban J connectivity index is 1.91. The summed E-state index contributed by atoms with van der Waals surface area (Å²) in [5.74, 6) is -1.14. The average Bonchev–Trinajstić information content (AvgIpc) is 3.29. The molecule has 0 aromatic heterocycles. The zero-order valence-electron chi connectivity index (χ0n) is 16.6. The van der Waals surface area contributed by atoms with Crippen molar-refractivity contribution in [3.63, 3.8) is 0 Å². The highest BCUT2D eigenvalue weighted by molar-refractivity contribution is 7.89. The van der Waals surface area contributed by atoms with Crippen molar-refractivity contribution >= 4 is 21.8 Å². The van der Waals surface area contributed by atoms with Crippen molar-refractivity contribution < 1.29 is 23.1 Å². The van der Waals surface area contributed by atoms with Crippen LogP contribution in [0, 0.1) is 0 Å². The van der Waals surface area contributed by atoms with E-state index in [0.717, 1.165) is 12.0 Å². The van der Waals surface area contributed by atoms with Crippen LogP contribution in [0.25, 0.3) is 0 Å². The highest BCUT2D eigenvalue weighted by Crippen LogP contribution is 2.37. The Morgan fingerprint density at radius 1 is 1.45 bits per heavy atom. The van der Waals surface area contributed by atoms with Gasteiger partial charge in [-0.1, -0.05) is 43.0 Å². The normalized spacial score (nSPS) is 24.2. The second-order valence-corrected chi connectivity index (χ2v) is 9.28. The SMILES string of the molecule is C=CC(=C)CNC(=O)C[C@H](C)NC(=O)[C@@]1(NS(=O)(=O)CC2=CC=CCC2)C[C@@H]1O. The molecule has 0 saturated heterocycles. The van der Waals surface area contributed by atoms with Crippen molar-refractivity contribution in [2.75, 3.05) is 12.3 Å². The van der Waals surface area contributed by atoms with Gasteiger partial charge in [0.25, 0.3) is 0 Å². The number of carbonyl (C=O) groups is 2. The van der Waals surface area contributed by atoms with Gasteiger partial charge in [0.05, 0.1) is 11.9 Å². The minimum absolute atomic E-state index is 0.00487. The van der Waals surface area contributed by atoms with Crippen molar-refractivity contribution in [3.8, 4) is 0 Å². The van der Waals surface area contributed by atoms with Crippen LogP contribution in [-0.2, 0) is 19.6 Å². The molecule has 0 aliphatic heterocycles. The zero-order valence-corrected chi connectivity index (χ0v) is 17.4. The summed E-state index contributed by atoms with van der Waals surface area (Å²) in [7, 11) is -3.81.